The predicted molar refractivity (Wildman–Crippen MR) is 116 cm³/mol. The molecule has 1 N–H and O–H groups in total. The Kier molecular flexibility index (Phi) is 5.00. The van der Waals surface area contributed by atoms with Gasteiger partial charge in [-0.05, 0) is 35.6 Å². The first-order valence-corrected chi connectivity index (χ1v) is 10.5. The van der Waals surface area contributed by atoms with Gasteiger partial charge in [-0.1, -0.05) is 54.6 Å². The van der Waals surface area contributed by atoms with Crippen LogP contribution in [0.5, 0.6) is 0 Å². The third kappa shape index (κ3) is 3.21. The van der Waals surface area contributed by atoms with Gasteiger partial charge >= 0.3 is 0 Å². The molecule has 0 aliphatic carbocycles. The summed E-state index contributed by atoms with van der Waals surface area (Å²) in [6.45, 7) is 2.01. The van der Waals surface area contributed by atoms with Crippen molar-refractivity contribution in [2.24, 2.45) is 7.05 Å². The molecule has 1 aromatic heterocycles. The number of aliphatic hydroxyl groups excluding tert-OH is 1. The average molecular weight is 389 g/mol. The largest absolute Gasteiger partial charge is 0.394 e. The molecule has 3 aromatic rings. The van der Waals surface area contributed by atoms with Gasteiger partial charge < -0.3 is 14.4 Å². The van der Waals surface area contributed by atoms with Crippen LogP contribution in [0.25, 0.3) is 10.9 Å². The molecule has 2 aliphatic rings. The van der Waals surface area contributed by atoms with E-state index in [9.17, 15) is 0 Å². The van der Waals surface area contributed by atoms with Gasteiger partial charge in [0.25, 0.3) is 0 Å². The van der Waals surface area contributed by atoms with Crippen molar-refractivity contribution in [3.63, 3.8) is 0 Å². The minimum Gasteiger partial charge on any atom is -0.394 e. The minimum atomic E-state index is 0.0712. The van der Waals surface area contributed by atoms with Crippen molar-refractivity contribution in [2.75, 3.05) is 19.8 Å². The van der Waals surface area contributed by atoms with E-state index in [-0.39, 0.29) is 6.61 Å². The quantitative estimate of drug-likeness (QED) is 0.513. The number of fused-ring (bicyclic) bond motifs is 6. The lowest BCUT2D eigenvalue weighted by atomic mass is 9.82. The Morgan fingerprint density at radius 3 is 2.66 bits per heavy atom. The van der Waals surface area contributed by atoms with Crippen LogP contribution in [0.2, 0.25) is 0 Å². The normalized spacial score (nSPS) is 21.2. The minimum absolute atomic E-state index is 0.0712. The van der Waals surface area contributed by atoms with Crippen LogP contribution in [-0.2, 0) is 24.8 Å². The van der Waals surface area contributed by atoms with Gasteiger partial charge in [-0.15, -0.1) is 0 Å². The summed E-state index contributed by atoms with van der Waals surface area (Å²) in [4.78, 5) is 2.66. The molecule has 0 unspecified atom stereocenters. The smallest absolute Gasteiger partial charge is 0.0702 e. The molecule has 3 heterocycles. The van der Waals surface area contributed by atoms with Gasteiger partial charge in [0.15, 0.2) is 0 Å². The number of aryl methyl sites for hydroxylation is 1. The topological polar surface area (TPSA) is 37.6 Å². The van der Waals surface area contributed by atoms with Crippen LogP contribution in [0.4, 0.5) is 0 Å². The lowest BCUT2D eigenvalue weighted by molar-refractivity contribution is 0.0728. The highest BCUT2D eigenvalue weighted by molar-refractivity contribution is 5.86. The van der Waals surface area contributed by atoms with E-state index in [1.54, 1.807) is 0 Å². The summed E-state index contributed by atoms with van der Waals surface area (Å²) >= 11 is 0. The zero-order valence-corrected chi connectivity index (χ0v) is 16.9. The van der Waals surface area contributed by atoms with Crippen molar-refractivity contribution in [1.29, 1.82) is 0 Å². The highest BCUT2D eigenvalue weighted by Crippen LogP contribution is 2.45. The molecular formula is C25H28N2O2. The molecule has 2 aliphatic heterocycles. The lowest BCUT2D eigenvalue weighted by Crippen LogP contribution is -2.47. The van der Waals surface area contributed by atoms with Crippen LogP contribution in [0.3, 0.4) is 0 Å². The Labute approximate surface area is 172 Å². The van der Waals surface area contributed by atoms with Gasteiger partial charge in [0.1, 0.15) is 0 Å². The van der Waals surface area contributed by atoms with Gasteiger partial charge in [0, 0.05) is 36.2 Å². The van der Waals surface area contributed by atoms with Crippen molar-refractivity contribution >= 4 is 10.9 Å². The number of hydrogen-bond acceptors (Lipinski definition) is 3. The van der Waals surface area contributed by atoms with Crippen molar-refractivity contribution in [3.8, 4) is 0 Å². The summed E-state index contributed by atoms with van der Waals surface area (Å²) < 4.78 is 8.15. The Hall–Kier alpha value is -2.40. The second-order valence-electron chi connectivity index (χ2n) is 8.12. The van der Waals surface area contributed by atoms with Gasteiger partial charge in [-0.25, -0.2) is 0 Å². The van der Waals surface area contributed by atoms with Gasteiger partial charge in [0.2, 0.25) is 0 Å². The Bertz CT molecular complexity index is 1040. The second kappa shape index (κ2) is 7.79. The molecular weight excluding hydrogens is 360 g/mol. The maximum atomic E-state index is 9.11. The molecule has 0 saturated heterocycles. The van der Waals surface area contributed by atoms with E-state index in [2.05, 4.69) is 77.2 Å². The summed E-state index contributed by atoms with van der Waals surface area (Å²) in [6.07, 6.45) is 4.39. The van der Waals surface area contributed by atoms with E-state index >= 15 is 0 Å². The number of aliphatic hydroxyl groups is 1. The van der Waals surface area contributed by atoms with Crippen LogP contribution in [-0.4, -0.2) is 40.4 Å². The number of nitrogens with zero attached hydrogens (tertiary/aromatic N) is 2. The van der Waals surface area contributed by atoms with Crippen LogP contribution in [0.15, 0.2) is 66.2 Å². The number of aromatic nitrogens is 1. The van der Waals surface area contributed by atoms with Crippen LogP contribution < -0.4 is 0 Å². The van der Waals surface area contributed by atoms with Crippen molar-refractivity contribution in [3.05, 3.63) is 83.1 Å². The first kappa shape index (κ1) is 18.6. The monoisotopic (exact) mass is 388 g/mol. The second-order valence-corrected chi connectivity index (χ2v) is 8.12. The number of ether oxygens (including phenoxy) is 1. The lowest BCUT2D eigenvalue weighted by Gasteiger charge is -2.46. The molecule has 0 amide bonds. The molecule has 150 valence electrons. The summed E-state index contributed by atoms with van der Waals surface area (Å²) in [5.74, 6) is 0. The third-order valence-electron chi connectivity index (χ3n) is 6.52. The Balaban J connectivity index is 1.56. The number of rotatable bonds is 6. The molecule has 2 bridgehead atoms. The number of para-hydroxylation sites is 1. The highest BCUT2D eigenvalue weighted by Gasteiger charge is 2.41. The molecule has 2 aromatic carbocycles. The average Bonchev–Trinajstić information content (AvgIpc) is 3.03. The first-order chi connectivity index (χ1) is 14.3. The Morgan fingerprint density at radius 1 is 1.03 bits per heavy atom. The standard InChI is InChI=1S/C25H28N2O2/c1-26-22-10-6-5-9-20(22)21-15-24-19(17-29-14-13-28)11-12-23(25(21)26)27(24)16-18-7-3-2-4-8-18/h2-11,23-24,28H,12-17H2,1H3/t23-,24-/m0/s1. The number of benzene rings is 2. The maximum absolute atomic E-state index is 9.11. The van der Waals surface area contributed by atoms with E-state index in [4.69, 9.17) is 9.84 Å². The Morgan fingerprint density at radius 2 is 1.83 bits per heavy atom. The molecule has 4 nitrogen and oxygen atoms in total. The number of hydrogen-bond donors (Lipinski definition) is 1. The fourth-order valence-corrected chi connectivity index (χ4v) is 5.23. The predicted octanol–water partition coefficient (Wildman–Crippen LogP) is 3.99. The van der Waals surface area contributed by atoms with Crippen molar-refractivity contribution in [1.82, 2.24) is 9.47 Å². The molecule has 29 heavy (non-hydrogen) atoms. The van der Waals surface area contributed by atoms with Gasteiger partial charge in [0.05, 0.1) is 25.9 Å². The summed E-state index contributed by atoms with van der Waals surface area (Å²) in [6, 6.07) is 20.3. The zero-order valence-electron chi connectivity index (χ0n) is 16.9. The molecule has 0 radical (unpaired) electrons. The summed E-state index contributed by atoms with van der Waals surface area (Å²) in [5.41, 5.74) is 6.98. The van der Waals surface area contributed by atoms with E-state index < -0.39 is 0 Å². The van der Waals surface area contributed by atoms with Crippen molar-refractivity contribution in [2.45, 2.75) is 31.5 Å². The summed E-state index contributed by atoms with van der Waals surface area (Å²) in [7, 11) is 2.21. The third-order valence-corrected chi connectivity index (χ3v) is 6.52. The molecule has 2 atom stereocenters. The molecule has 5 rings (SSSR count). The summed E-state index contributed by atoms with van der Waals surface area (Å²) in [5, 5.41) is 10.5. The molecule has 4 heteroatoms. The fraction of sp³-hybridized carbons (Fsp3) is 0.360. The zero-order chi connectivity index (χ0) is 19.8. The van der Waals surface area contributed by atoms with E-state index in [0.29, 0.717) is 25.3 Å². The van der Waals surface area contributed by atoms with Crippen molar-refractivity contribution < 1.29 is 9.84 Å². The fourth-order valence-electron chi connectivity index (χ4n) is 5.23. The van der Waals surface area contributed by atoms with Gasteiger partial charge in [-0.3, -0.25) is 4.90 Å². The van der Waals surface area contributed by atoms with Crippen LogP contribution in [0.1, 0.15) is 29.3 Å². The maximum Gasteiger partial charge on any atom is 0.0702 e. The van der Waals surface area contributed by atoms with E-state index in [1.165, 1.54) is 33.3 Å². The molecule has 0 saturated carbocycles. The van der Waals surface area contributed by atoms with Crippen LogP contribution in [0, 0.1) is 0 Å². The highest BCUT2D eigenvalue weighted by atomic mass is 16.5. The van der Waals surface area contributed by atoms with E-state index in [0.717, 1.165) is 19.4 Å². The SMILES string of the molecule is Cn1c2c(c3ccccc31)C[C@H]1C(COCCO)=CC[C@@H]2N1Cc1ccccc1. The van der Waals surface area contributed by atoms with Crippen LogP contribution >= 0.6 is 0 Å². The first-order valence-electron chi connectivity index (χ1n) is 10.5. The van der Waals surface area contributed by atoms with E-state index in [1.807, 2.05) is 0 Å². The molecule has 0 fully saturated rings. The van der Waals surface area contributed by atoms with Gasteiger partial charge in [-0.2, -0.15) is 0 Å². The molecule has 0 spiro atoms.